The zero-order chi connectivity index (χ0) is 38.7. The highest BCUT2D eigenvalue weighted by Crippen LogP contribution is 2.45. The summed E-state index contributed by atoms with van der Waals surface area (Å²) >= 11 is 0. The van der Waals surface area contributed by atoms with Gasteiger partial charge in [-0.2, -0.15) is 0 Å². The number of cyclic esters (lactones) is 1. The smallest absolute Gasteiger partial charge is 0.407 e. The molecule has 2 saturated carbocycles. The largest absolute Gasteiger partial charge is 0.488 e. The average molecular weight is 772 g/mol. The Hall–Kier alpha value is -4.98. The molecule has 0 spiro atoms. The van der Waals surface area contributed by atoms with Gasteiger partial charge < -0.3 is 25.0 Å². The minimum Gasteiger partial charge on any atom is -0.488 e. The van der Waals surface area contributed by atoms with Crippen molar-refractivity contribution in [3.8, 4) is 17.0 Å². The predicted molar refractivity (Wildman–Crippen MR) is 206 cm³/mol. The third-order valence-electron chi connectivity index (χ3n) is 11.1. The second kappa shape index (κ2) is 16.0. The molecule has 5 atom stereocenters. The lowest BCUT2D eigenvalue weighted by molar-refractivity contribution is -0.141. The number of unbranched alkanes of at least 4 members (excludes halogenated alkanes) is 1. The van der Waals surface area contributed by atoms with Crippen molar-refractivity contribution < 1.29 is 37.1 Å². The van der Waals surface area contributed by atoms with Crippen LogP contribution < -0.4 is 20.1 Å². The van der Waals surface area contributed by atoms with E-state index in [9.17, 15) is 27.6 Å². The van der Waals surface area contributed by atoms with Crippen molar-refractivity contribution in [2.24, 2.45) is 5.92 Å². The number of ether oxygens (including phenoxy) is 2. The number of nitrogens with zero attached hydrogens (tertiary/aromatic N) is 2. The van der Waals surface area contributed by atoms with Crippen LogP contribution in [0.3, 0.4) is 0 Å². The maximum atomic E-state index is 14.5. The Morgan fingerprint density at radius 3 is 2.62 bits per heavy atom. The molecule has 13 nitrogen and oxygen atoms in total. The van der Waals surface area contributed by atoms with E-state index < -0.39 is 68.7 Å². The fourth-order valence-electron chi connectivity index (χ4n) is 7.65. The van der Waals surface area contributed by atoms with Gasteiger partial charge in [-0.25, -0.2) is 18.2 Å². The number of nitrogens with one attached hydrogen (secondary N) is 3. The van der Waals surface area contributed by atoms with Crippen molar-refractivity contribution in [1.82, 2.24) is 25.2 Å². The van der Waals surface area contributed by atoms with E-state index in [1.165, 1.54) is 11.0 Å². The summed E-state index contributed by atoms with van der Waals surface area (Å²) in [5, 5.41) is 5.76. The summed E-state index contributed by atoms with van der Waals surface area (Å²) in [5.74, 6) is -1.87. The second-order valence-corrected chi connectivity index (χ2v) is 17.1. The van der Waals surface area contributed by atoms with Crippen LogP contribution in [-0.4, -0.2) is 84.2 Å². The molecule has 2 aliphatic carbocycles. The molecule has 1 unspecified atom stereocenters. The number of rotatable bonds is 10. The number of sulfonamides is 1. The molecule has 1 aromatic heterocycles. The van der Waals surface area contributed by atoms with E-state index in [2.05, 4.69) is 34.1 Å². The maximum Gasteiger partial charge on any atom is 0.407 e. The zero-order valence-corrected chi connectivity index (χ0v) is 31.9. The molecule has 55 heavy (non-hydrogen) atoms. The molecule has 3 heterocycles. The molecular formula is C41H49N5O8S. The monoisotopic (exact) mass is 771 g/mol. The zero-order valence-electron chi connectivity index (χ0n) is 31.1. The van der Waals surface area contributed by atoms with Crippen LogP contribution in [0.1, 0.15) is 76.7 Å². The lowest BCUT2D eigenvalue weighted by Crippen LogP contribution is -2.58. The number of alkyl carbamates (subject to hydrolysis) is 1. The van der Waals surface area contributed by atoms with E-state index >= 15 is 0 Å². The maximum absolute atomic E-state index is 14.5. The molecule has 2 aliphatic heterocycles. The number of hydrogen-bond donors (Lipinski definition) is 3. The molecule has 3 fully saturated rings. The summed E-state index contributed by atoms with van der Waals surface area (Å²) in [4.78, 5) is 61.8. The van der Waals surface area contributed by atoms with Gasteiger partial charge in [0.15, 0.2) is 0 Å². The Bertz CT molecular complexity index is 2070. The third kappa shape index (κ3) is 8.48. The highest BCUT2D eigenvalue weighted by molar-refractivity contribution is 7.91. The fourth-order valence-corrected chi connectivity index (χ4v) is 9.01. The van der Waals surface area contributed by atoms with Gasteiger partial charge in [-0.15, -0.1) is 6.58 Å². The molecule has 0 radical (unpaired) electrons. The summed E-state index contributed by atoms with van der Waals surface area (Å²) in [6.07, 6.45) is 6.22. The van der Waals surface area contributed by atoms with Crippen LogP contribution in [0.2, 0.25) is 0 Å². The number of carbonyl (C=O) groups is 4. The van der Waals surface area contributed by atoms with Crippen molar-refractivity contribution in [2.45, 2.75) is 107 Å². The summed E-state index contributed by atoms with van der Waals surface area (Å²) in [6, 6.07) is 15.7. The SMILES string of the molecule is C=CC1C[C@]1(NC(=O)[C@@H]1C[C@@H]2CN1C(=O)[C@H](CCCC)NC(=O)OCCCCCc1ccc3nc(-c4ccccc4)cc(c3c1)O2)C(=O)NS(=O)(=O)C1CC1. The van der Waals surface area contributed by atoms with Gasteiger partial charge in [0.1, 0.15) is 29.5 Å². The first-order valence-electron chi connectivity index (χ1n) is 19.4. The van der Waals surface area contributed by atoms with Crippen LogP contribution in [0.5, 0.6) is 5.75 Å². The number of fused-ring (bicyclic) bond motifs is 3. The normalized spacial score (nSPS) is 25.9. The quantitative estimate of drug-likeness (QED) is 0.242. The molecule has 2 aromatic carbocycles. The van der Waals surface area contributed by atoms with Gasteiger partial charge in [-0.05, 0) is 69.1 Å². The lowest BCUT2D eigenvalue weighted by atomic mass is 10.0. The van der Waals surface area contributed by atoms with E-state index in [1.54, 1.807) is 0 Å². The average Bonchev–Trinajstić information content (AvgIpc) is 4.11. The number of hydrogen-bond acceptors (Lipinski definition) is 9. The fraction of sp³-hybridized carbons (Fsp3) is 0.488. The van der Waals surface area contributed by atoms with E-state index in [4.69, 9.17) is 14.5 Å². The molecule has 292 valence electrons. The minimum atomic E-state index is -3.89. The number of aryl methyl sites for hydroxylation is 1. The van der Waals surface area contributed by atoms with Gasteiger partial charge in [-0.3, -0.25) is 19.1 Å². The van der Waals surface area contributed by atoms with E-state index in [-0.39, 0.29) is 26.0 Å². The molecule has 3 N–H and O–H groups in total. The van der Waals surface area contributed by atoms with E-state index in [0.29, 0.717) is 43.5 Å². The molecule has 1 saturated heterocycles. The Labute approximate surface area is 321 Å². The third-order valence-corrected chi connectivity index (χ3v) is 12.9. The summed E-state index contributed by atoms with van der Waals surface area (Å²) in [6.45, 7) is 5.99. The van der Waals surface area contributed by atoms with Gasteiger partial charge in [0.05, 0.1) is 29.6 Å². The topological polar surface area (TPSA) is 173 Å². The predicted octanol–water partition coefficient (Wildman–Crippen LogP) is 4.93. The Balaban J connectivity index is 1.24. The van der Waals surface area contributed by atoms with Crippen LogP contribution in [0.4, 0.5) is 4.79 Å². The molecule has 3 aromatic rings. The first-order valence-corrected chi connectivity index (χ1v) is 21.0. The van der Waals surface area contributed by atoms with Crippen LogP contribution >= 0.6 is 0 Å². The van der Waals surface area contributed by atoms with Crippen molar-refractivity contribution in [3.05, 3.63) is 72.8 Å². The standard InChI is InChI=1S/C41H49N5O8S/c1-3-5-15-33-38(48)46-25-29(22-35(46)37(47)44-41(24-28(41)4-2)39(49)45-55(51,52)30-17-18-30)54-36-23-34(27-13-9-6-10-14-27)42-32-19-16-26(21-31(32)36)12-8-7-11-20-53-40(50)43-33/h4,6,9-10,13-14,16,19,21,23,28-30,33,35H,2-3,5,7-8,11-12,15,17-18,20,22,24-25H2,1H3,(H,43,50)(H,44,47)(H,45,49)/t28?,29-,33+,35+,41-/m1/s1. The van der Waals surface area contributed by atoms with Crippen molar-refractivity contribution >= 4 is 44.7 Å². The molecule has 4 aliphatic rings. The lowest BCUT2D eigenvalue weighted by Gasteiger charge is -2.29. The number of benzene rings is 2. The Kier molecular flexibility index (Phi) is 11.2. The van der Waals surface area contributed by atoms with Crippen LogP contribution in [0.15, 0.2) is 67.3 Å². The van der Waals surface area contributed by atoms with Crippen LogP contribution in [0, 0.1) is 5.92 Å². The number of pyridine rings is 1. The van der Waals surface area contributed by atoms with E-state index in [0.717, 1.165) is 47.7 Å². The van der Waals surface area contributed by atoms with Crippen molar-refractivity contribution in [3.63, 3.8) is 0 Å². The van der Waals surface area contributed by atoms with Gasteiger partial charge >= 0.3 is 6.09 Å². The minimum absolute atomic E-state index is 0.0145. The highest BCUT2D eigenvalue weighted by Gasteiger charge is 2.62. The van der Waals surface area contributed by atoms with Gasteiger partial charge in [0.25, 0.3) is 5.91 Å². The summed E-state index contributed by atoms with van der Waals surface area (Å²) in [5.41, 5.74) is 1.91. The highest BCUT2D eigenvalue weighted by atomic mass is 32.2. The van der Waals surface area contributed by atoms with Crippen molar-refractivity contribution in [1.29, 1.82) is 0 Å². The van der Waals surface area contributed by atoms with Gasteiger partial charge in [0, 0.05) is 29.4 Å². The first-order chi connectivity index (χ1) is 26.5. The summed E-state index contributed by atoms with van der Waals surface area (Å²) in [7, 11) is -3.89. The summed E-state index contributed by atoms with van der Waals surface area (Å²) < 4.78 is 39.9. The molecular weight excluding hydrogens is 723 g/mol. The first kappa shape index (κ1) is 38.3. The van der Waals surface area contributed by atoms with Gasteiger partial charge in [-0.1, -0.05) is 62.2 Å². The van der Waals surface area contributed by atoms with Crippen LogP contribution in [0.25, 0.3) is 22.2 Å². The Morgan fingerprint density at radius 2 is 1.89 bits per heavy atom. The molecule has 7 rings (SSSR count). The molecule has 14 heteroatoms. The van der Waals surface area contributed by atoms with E-state index in [1.807, 2.05) is 49.4 Å². The molecule has 4 bridgehead atoms. The molecule has 4 amide bonds. The number of amides is 4. The number of aromatic nitrogens is 1. The second-order valence-electron chi connectivity index (χ2n) is 15.2. The Morgan fingerprint density at radius 1 is 1.09 bits per heavy atom. The van der Waals surface area contributed by atoms with Gasteiger partial charge in [0.2, 0.25) is 21.8 Å². The van der Waals surface area contributed by atoms with Crippen LogP contribution in [-0.2, 0) is 35.6 Å². The van der Waals surface area contributed by atoms with Crippen molar-refractivity contribution in [2.75, 3.05) is 13.2 Å². The number of carbonyl (C=O) groups excluding carboxylic acids is 4.